The number of aliphatic hydroxyl groups excluding tert-OH is 2. The first kappa shape index (κ1) is 18.8. The number of halogens is 1. The fourth-order valence-electron chi connectivity index (χ4n) is 3.48. The Morgan fingerprint density at radius 1 is 1.25 bits per heavy atom. The minimum atomic E-state index is -1.58. The van der Waals surface area contributed by atoms with Gasteiger partial charge in [-0.15, -0.1) is 0 Å². The zero-order chi connectivity index (χ0) is 20.1. The van der Waals surface area contributed by atoms with Crippen LogP contribution in [-0.2, 0) is 10.3 Å². The lowest BCUT2D eigenvalue weighted by molar-refractivity contribution is -0.135. The van der Waals surface area contributed by atoms with Gasteiger partial charge in [0.1, 0.15) is 29.6 Å². The van der Waals surface area contributed by atoms with Crippen LogP contribution in [0, 0.1) is 0 Å². The van der Waals surface area contributed by atoms with Crippen molar-refractivity contribution in [1.82, 2.24) is 19.5 Å². The Labute approximate surface area is 163 Å². The molecule has 0 amide bonds. The van der Waals surface area contributed by atoms with E-state index >= 15 is 0 Å². The van der Waals surface area contributed by atoms with Gasteiger partial charge in [-0.05, 0) is 24.6 Å². The van der Waals surface area contributed by atoms with E-state index in [-0.39, 0.29) is 5.49 Å². The Morgan fingerprint density at radius 2 is 1.96 bits per heavy atom. The van der Waals surface area contributed by atoms with Crippen LogP contribution in [0.5, 0.6) is 0 Å². The third kappa shape index (κ3) is 2.86. The molecule has 2 aromatic heterocycles. The Hall–Kier alpha value is -2.50. The molecule has 10 nitrogen and oxygen atoms in total. The van der Waals surface area contributed by atoms with Gasteiger partial charge in [0.05, 0.1) is 12.7 Å². The van der Waals surface area contributed by atoms with Crippen LogP contribution in [0.15, 0.2) is 42.0 Å². The summed E-state index contributed by atoms with van der Waals surface area (Å²) in [4.78, 5) is 11.1. The molecular formula is C17H19ClN6O4. The van der Waals surface area contributed by atoms with Crippen LogP contribution in [0.4, 0.5) is 0 Å². The van der Waals surface area contributed by atoms with Crippen molar-refractivity contribution in [3.05, 3.63) is 53.0 Å². The number of imidazole rings is 1. The standard InChI is InChI=1S/C17H19ClN6O4/c1-17(27,8-2-4-9(18)5-3-8)13-11(25)12(26)16(28-13)24-7-22-10-14(23-19)20-6-21-15(10)24/h2-7,11-13,16,25-27H,19H2,1H3,(H,20,21,23)/t11-,12+,13-,16+,17?/m0/s1. The second-order valence-corrected chi connectivity index (χ2v) is 7.22. The number of fused-ring (bicyclic) bond motifs is 1. The summed E-state index contributed by atoms with van der Waals surface area (Å²) in [5.74, 6) is 5.32. The molecule has 1 aromatic carbocycles. The predicted molar refractivity (Wildman–Crippen MR) is 98.6 cm³/mol. The number of rotatable bonds is 3. The summed E-state index contributed by atoms with van der Waals surface area (Å²) in [7, 11) is 0. The van der Waals surface area contributed by atoms with Gasteiger partial charge < -0.3 is 30.9 Å². The molecule has 0 spiro atoms. The van der Waals surface area contributed by atoms with E-state index in [9.17, 15) is 15.3 Å². The summed E-state index contributed by atoms with van der Waals surface area (Å²) in [5.41, 5.74) is -0.0564. The molecule has 1 unspecified atom stereocenters. The highest BCUT2D eigenvalue weighted by Gasteiger charge is 2.52. The van der Waals surface area contributed by atoms with Gasteiger partial charge in [-0.1, -0.05) is 23.7 Å². The molecule has 1 aliphatic heterocycles. The number of ether oxygens (including phenoxy) is 1. The summed E-state index contributed by atoms with van der Waals surface area (Å²) in [6.07, 6.45) is -1.99. The van der Waals surface area contributed by atoms with Crippen molar-refractivity contribution in [2.45, 2.75) is 37.1 Å². The van der Waals surface area contributed by atoms with Crippen molar-refractivity contribution in [2.24, 2.45) is 10.9 Å². The van der Waals surface area contributed by atoms with Gasteiger partial charge in [0.25, 0.3) is 0 Å². The summed E-state index contributed by atoms with van der Waals surface area (Å²) < 4.78 is 7.40. The van der Waals surface area contributed by atoms with Crippen LogP contribution in [-0.4, -0.2) is 53.2 Å². The molecule has 11 heteroatoms. The molecule has 6 N–H and O–H groups in total. The maximum absolute atomic E-state index is 11.1. The summed E-state index contributed by atoms with van der Waals surface area (Å²) in [6.45, 7) is 1.51. The van der Waals surface area contributed by atoms with Gasteiger partial charge in [-0.3, -0.25) is 4.57 Å². The van der Waals surface area contributed by atoms with Gasteiger partial charge in [0, 0.05) is 5.02 Å². The molecule has 5 atom stereocenters. The molecular weight excluding hydrogens is 388 g/mol. The van der Waals surface area contributed by atoms with E-state index in [1.807, 2.05) is 0 Å². The first-order chi connectivity index (χ1) is 13.3. The van der Waals surface area contributed by atoms with Crippen molar-refractivity contribution >= 4 is 22.8 Å². The lowest BCUT2D eigenvalue weighted by Crippen LogP contribution is -2.45. The summed E-state index contributed by atoms with van der Waals surface area (Å²) >= 11 is 5.91. The van der Waals surface area contributed by atoms with Crippen molar-refractivity contribution in [3.8, 4) is 0 Å². The zero-order valence-corrected chi connectivity index (χ0v) is 15.5. The average molecular weight is 407 g/mol. The number of H-pyrrole nitrogens is 1. The second-order valence-electron chi connectivity index (χ2n) is 6.79. The lowest BCUT2D eigenvalue weighted by Gasteiger charge is -2.32. The van der Waals surface area contributed by atoms with Crippen LogP contribution >= 0.6 is 11.6 Å². The van der Waals surface area contributed by atoms with Gasteiger partial charge in [0.2, 0.25) is 5.49 Å². The topological polar surface area (TPSA) is 155 Å². The molecule has 3 heterocycles. The Balaban J connectivity index is 1.72. The largest absolute Gasteiger partial charge is 0.387 e. The third-order valence-electron chi connectivity index (χ3n) is 5.01. The van der Waals surface area contributed by atoms with Crippen molar-refractivity contribution in [3.63, 3.8) is 0 Å². The predicted octanol–water partition coefficient (Wildman–Crippen LogP) is -0.286. The normalized spacial score (nSPS) is 28.0. The molecule has 3 aromatic rings. The van der Waals surface area contributed by atoms with Crippen LogP contribution in [0.1, 0.15) is 18.7 Å². The number of nitrogens with one attached hydrogen (secondary N) is 1. The van der Waals surface area contributed by atoms with Crippen molar-refractivity contribution in [2.75, 3.05) is 0 Å². The number of nitrogens with zero attached hydrogens (tertiary/aromatic N) is 4. The van der Waals surface area contributed by atoms with Crippen molar-refractivity contribution in [1.29, 1.82) is 0 Å². The SMILES string of the molecule is CC(O)(c1ccc(Cl)cc1)[C@H]1O[C@@H](n2cnc3c(=NN)nc[nH]c32)[C@H](O)[C@@H]1O. The van der Waals surface area contributed by atoms with Gasteiger partial charge in [-0.2, -0.15) is 5.10 Å². The maximum atomic E-state index is 11.1. The van der Waals surface area contributed by atoms with E-state index in [1.54, 1.807) is 24.3 Å². The van der Waals surface area contributed by atoms with Gasteiger partial charge in [0.15, 0.2) is 11.7 Å². The minimum Gasteiger partial charge on any atom is -0.387 e. The summed E-state index contributed by atoms with van der Waals surface area (Å²) in [6, 6.07) is 6.53. The minimum absolute atomic E-state index is 0.213. The van der Waals surface area contributed by atoms with E-state index < -0.39 is 30.1 Å². The number of aliphatic hydroxyl groups is 3. The maximum Gasteiger partial charge on any atom is 0.202 e. The fraction of sp³-hybridized carbons (Fsp3) is 0.353. The van der Waals surface area contributed by atoms with E-state index in [0.717, 1.165) is 0 Å². The number of benzene rings is 1. The lowest BCUT2D eigenvalue weighted by atomic mass is 9.87. The first-order valence-corrected chi connectivity index (χ1v) is 8.86. The van der Waals surface area contributed by atoms with E-state index in [2.05, 4.69) is 20.1 Å². The molecule has 0 bridgehead atoms. The number of hydrogen-bond acceptors (Lipinski definition) is 8. The molecule has 148 valence electrons. The number of aromatic amines is 1. The van der Waals surface area contributed by atoms with E-state index in [1.165, 1.54) is 24.1 Å². The monoisotopic (exact) mass is 406 g/mol. The molecule has 28 heavy (non-hydrogen) atoms. The Morgan fingerprint density at radius 3 is 2.64 bits per heavy atom. The second kappa shape index (κ2) is 6.83. The van der Waals surface area contributed by atoms with Crippen LogP contribution in [0.3, 0.4) is 0 Å². The highest BCUT2D eigenvalue weighted by atomic mass is 35.5. The molecule has 0 saturated carbocycles. The smallest absolute Gasteiger partial charge is 0.202 e. The molecule has 1 fully saturated rings. The van der Waals surface area contributed by atoms with Gasteiger partial charge in [-0.25, -0.2) is 9.97 Å². The van der Waals surface area contributed by atoms with Gasteiger partial charge >= 0.3 is 0 Å². The molecule has 0 aliphatic carbocycles. The zero-order valence-electron chi connectivity index (χ0n) is 14.8. The number of aromatic nitrogens is 4. The Bertz CT molecular complexity index is 1060. The van der Waals surface area contributed by atoms with Crippen LogP contribution in [0.2, 0.25) is 5.02 Å². The van der Waals surface area contributed by atoms with E-state index in [0.29, 0.717) is 21.7 Å². The molecule has 0 radical (unpaired) electrons. The van der Waals surface area contributed by atoms with Crippen LogP contribution in [0.25, 0.3) is 11.2 Å². The average Bonchev–Trinajstić information content (AvgIpc) is 3.24. The quantitative estimate of drug-likeness (QED) is 0.296. The Kier molecular flexibility index (Phi) is 4.60. The van der Waals surface area contributed by atoms with Crippen molar-refractivity contribution < 1.29 is 20.1 Å². The highest BCUT2D eigenvalue weighted by molar-refractivity contribution is 6.30. The fourth-order valence-corrected chi connectivity index (χ4v) is 3.60. The molecule has 1 saturated heterocycles. The third-order valence-corrected chi connectivity index (χ3v) is 5.26. The highest BCUT2D eigenvalue weighted by Crippen LogP contribution is 2.40. The molecule has 4 rings (SSSR count). The number of nitrogens with two attached hydrogens (primary N) is 1. The molecule has 1 aliphatic rings. The van der Waals surface area contributed by atoms with Crippen LogP contribution < -0.4 is 11.3 Å². The first-order valence-electron chi connectivity index (χ1n) is 8.48. The summed E-state index contributed by atoms with van der Waals surface area (Å²) in [5, 5.41) is 36.3. The van der Waals surface area contributed by atoms with E-state index in [4.69, 9.17) is 22.2 Å². The number of hydrogen-bond donors (Lipinski definition) is 5.